The van der Waals surface area contributed by atoms with E-state index >= 15 is 0 Å². The Morgan fingerprint density at radius 3 is 2.64 bits per heavy atom. The lowest BCUT2D eigenvalue weighted by Crippen LogP contribution is -2.31. The fourth-order valence-electron chi connectivity index (χ4n) is 2.28. The zero-order chi connectivity index (χ0) is 15.3. The van der Waals surface area contributed by atoms with Gasteiger partial charge in [-0.1, -0.05) is 0 Å². The zero-order valence-corrected chi connectivity index (χ0v) is 15.0. The van der Waals surface area contributed by atoms with Gasteiger partial charge >= 0.3 is 0 Å². The van der Waals surface area contributed by atoms with Crippen LogP contribution in [0.5, 0.6) is 0 Å². The Bertz CT molecular complexity index is 583. The van der Waals surface area contributed by atoms with E-state index in [0.29, 0.717) is 19.6 Å². The Labute approximate surface area is 141 Å². The number of rotatable bonds is 7. The van der Waals surface area contributed by atoms with Crippen molar-refractivity contribution in [3.8, 4) is 0 Å². The predicted octanol–water partition coefficient (Wildman–Crippen LogP) is 1.29. The van der Waals surface area contributed by atoms with Gasteiger partial charge in [0.15, 0.2) is 0 Å². The third kappa shape index (κ3) is 4.42. The summed E-state index contributed by atoms with van der Waals surface area (Å²) in [5.41, 5.74) is 0. The molecule has 0 saturated carbocycles. The summed E-state index contributed by atoms with van der Waals surface area (Å²) in [5.74, 6) is -0.307. The van der Waals surface area contributed by atoms with E-state index in [2.05, 4.69) is 10.6 Å². The molecule has 1 saturated heterocycles. The number of carbonyl (C=O) groups is 1. The van der Waals surface area contributed by atoms with E-state index in [-0.39, 0.29) is 28.1 Å². The minimum absolute atomic E-state index is 0. The van der Waals surface area contributed by atoms with Crippen LogP contribution in [0.3, 0.4) is 0 Å². The first-order valence-electron chi connectivity index (χ1n) is 7.08. The molecule has 0 atom stereocenters. The molecule has 1 amide bonds. The van der Waals surface area contributed by atoms with E-state index in [9.17, 15) is 13.2 Å². The molecule has 0 aliphatic carbocycles. The normalized spacial score (nSPS) is 15.5. The highest BCUT2D eigenvalue weighted by atomic mass is 35.5. The summed E-state index contributed by atoms with van der Waals surface area (Å²) in [5, 5.41) is 7.43. The van der Waals surface area contributed by atoms with Gasteiger partial charge in [0, 0.05) is 19.6 Å². The Hall–Kier alpha value is -0.670. The number of amides is 1. The molecule has 2 heterocycles. The van der Waals surface area contributed by atoms with Gasteiger partial charge in [0.1, 0.15) is 9.77 Å². The molecule has 0 bridgehead atoms. The molecule has 0 aromatic carbocycles. The first kappa shape index (κ1) is 19.4. The zero-order valence-electron chi connectivity index (χ0n) is 12.5. The van der Waals surface area contributed by atoms with Crippen molar-refractivity contribution in [2.24, 2.45) is 0 Å². The Balaban J connectivity index is 0.00000242. The van der Waals surface area contributed by atoms with Gasteiger partial charge in [0.25, 0.3) is 5.91 Å². The Kier molecular flexibility index (Phi) is 7.78. The second-order valence-corrected chi connectivity index (χ2v) is 7.76. The summed E-state index contributed by atoms with van der Waals surface area (Å²) in [6, 6.07) is 1.53. The number of thiophene rings is 1. The first-order valence-corrected chi connectivity index (χ1v) is 9.40. The van der Waals surface area contributed by atoms with Gasteiger partial charge in [-0.15, -0.1) is 23.7 Å². The third-order valence-corrected chi connectivity index (χ3v) is 6.39. The average molecular weight is 368 g/mol. The fourth-order valence-corrected chi connectivity index (χ4v) is 5.12. The van der Waals surface area contributed by atoms with Crippen molar-refractivity contribution in [2.45, 2.75) is 24.2 Å². The number of halogens is 1. The lowest BCUT2D eigenvalue weighted by Gasteiger charge is -2.15. The molecule has 9 heteroatoms. The van der Waals surface area contributed by atoms with Crippen molar-refractivity contribution in [1.29, 1.82) is 0 Å². The van der Waals surface area contributed by atoms with Crippen LogP contribution in [0.15, 0.2) is 16.3 Å². The molecule has 1 aromatic heterocycles. The summed E-state index contributed by atoms with van der Waals surface area (Å²) < 4.78 is 26.5. The maximum absolute atomic E-state index is 12.5. The maximum Gasteiger partial charge on any atom is 0.262 e. The average Bonchev–Trinajstić information content (AvgIpc) is 3.13. The van der Waals surface area contributed by atoms with Crippen LogP contribution in [-0.2, 0) is 10.0 Å². The third-order valence-electron chi connectivity index (χ3n) is 3.41. The van der Waals surface area contributed by atoms with Gasteiger partial charge < -0.3 is 10.6 Å². The van der Waals surface area contributed by atoms with Crippen molar-refractivity contribution in [1.82, 2.24) is 14.9 Å². The molecule has 1 aliphatic rings. The number of hydrogen-bond acceptors (Lipinski definition) is 5. The highest BCUT2D eigenvalue weighted by Crippen LogP contribution is 2.27. The first-order chi connectivity index (χ1) is 10.1. The highest BCUT2D eigenvalue weighted by molar-refractivity contribution is 7.89. The van der Waals surface area contributed by atoms with Crippen LogP contribution in [0, 0.1) is 0 Å². The molecule has 1 aliphatic heterocycles. The van der Waals surface area contributed by atoms with Gasteiger partial charge in [-0.2, -0.15) is 4.31 Å². The van der Waals surface area contributed by atoms with Crippen molar-refractivity contribution >= 4 is 39.7 Å². The van der Waals surface area contributed by atoms with Crippen molar-refractivity contribution < 1.29 is 13.2 Å². The monoisotopic (exact) mass is 367 g/mol. The van der Waals surface area contributed by atoms with Gasteiger partial charge in [0.05, 0.1) is 0 Å². The Morgan fingerprint density at radius 1 is 1.32 bits per heavy atom. The molecular weight excluding hydrogens is 346 g/mol. The predicted molar refractivity (Wildman–Crippen MR) is 90.4 cm³/mol. The molecule has 2 N–H and O–H groups in total. The molecule has 22 heavy (non-hydrogen) atoms. The minimum atomic E-state index is -3.54. The summed E-state index contributed by atoms with van der Waals surface area (Å²) in [6.07, 6.45) is 2.58. The van der Waals surface area contributed by atoms with Crippen LogP contribution in [0.4, 0.5) is 0 Å². The second kappa shape index (κ2) is 8.83. The van der Waals surface area contributed by atoms with E-state index in [1.807, 2.05) is 7.05 Å². The fraction of sp³-hybridized carbons (Fsp3) is 0.615. The maximum atomic E-state index is 12.5. The largest absolute Gasteiger partial charge is 0.351 e. The van der Waals surface area contributed by atoms with Gasteiger partial charge in [-0.25, -0.2) is 8.42 Å². The summed E-state index contributed by atoms with van der Waals surface area (Å²) >= 11 is 1.17. The van der Waals surface area contributed by atoms with Crippen molar-refractivity contribution in [2.75, 3.05) is 33.2 Å². The van der Waals surface area contributed by atoms with Crippen LogP contribution < -0.4 is 10.6 Å². The molecule has 6 nitrogen and oxygen atoms in total. The number of carbonyl (C=O) groups excluding carboxylic acids is 1. The van der Waals surface area contributed by atoms with Crippen LogP contribution in [0.25, 0.3) is 0 Å². The van der Waals surface area contributed by atoms with Crippen molar-refractivity contribution in [3.05, 3.63) is 16.3 Å². The second-order valence-electron chi connectivity index (χ2n) is 4.94. The molecular formula is C13H22ClN3O3S2. The van der Waals surface area contributed by atoms with E-state index < -0.39 is 10.0 Å². The molecule has 2 rings (SSSR count). The van der Waals surface area contributed by atoms with Gasteiger partial charge in [-0.05, 0) is 44.3 Å². The van der Waals surface area contributed by atoms with Crippen LogP contribution >= 0.6 is 23.7 Å². The molecule has 0 unspecified atom stereocenters. The van der Waals surface area contributed by atoms with Gasteiger partial charge in [0.2, 0.25) is 10.0 Å². The van der Waals surface area contributed by atoms with Crippen LogP contribution in [0.1, 0.15) is 28.9 Å². The standard InChI is InChI=1S/C13H21N3O3S2.ClH/c1-14-6-4-7-15-13(17)12-11(5-10-20-12)21(18,19)16-8-2-3-9-16;/h5,10,14H,2-4,6-9H2,1H3,(H,15,17);1H. The minimum Gasteiger partial charge on any atom is -0.351 e. The van der Waals surface area contributed by atoms with Crippen molar-refractivity contribution in [3.63, 3.8) is 0 Å². The SMILES string of the molecule is CNCCCNC(=O)c1sccc1S(=O)(=O)N1CCCC1.Cl. The summed E-state index contributed by atoms with van der Waals surface area (Å²) in [4.78, 5) is 12.6. The lowest BCUT2D eigenvalue weighted by molar-refractivity contribution is 0.0954. The number of nitrogens with zero attached hydrogens (tertiary/aromatic N) is 1. The molecule has 1 fully saturated rings. The summed E-state index contributed by atoms with van der Waals surface area (Å²) in [6.45, 7) is 2.42. The van der Waals surface area contributed by atoms with Crippen LogP contribution in [0.2, 0.25) is 0 Å². The molecule has 1 aromatic rings. The van der Waals surface area contributed by atoms with E-state index in [4.69, 9.17) is 0 Å². The highest BCUT2D eigenvalue weighted by Gasteiger charge is 2.31. The quantitative estimate of drug-likeness (QED) is 0.712. The topological polar surface area (TPSA) is 78.5 Å². The van der Waals surface area contributed by atoms with Gasteiger partial charge in [-0.3, -0.25) is 4.79 Å². The van der Waals surface area contributed by atoms with Crippen LogP contribution in [-0.4, -0.2) is 51.9 Å². The van der Waals surface area contributed by atoms with E-state index in [1.54, 1.807) is 5.38 Å². The number of sulfonamides is 1. The molecule has 0 spiro atoms. The smallest absolute Gasteiger partial charge is 0.262 e. The lowest BCUT2D eigenvalue weighted by atomic mass is 10.4. The number of nitrogens with one attached hydrogen (secondary N) is 2. The summed E-state index contributed by atoms with van der Waals surface area (Å²) in [7, 11) is -1.69. The number of hydrogen-bond donors (Lipinski definition) is 2. The van der Waals surface area contributed by atoms with E-state index in [1.165, 1.54) is 21.7 Å². The molecule has 0 radical (unpaired) electrons. The van der Waals surface area contributed by atoms with E-state index in [0.717, 1.165) is 25.8 Å². The molecule has 126 valence electrons. The Morgan fingerprint density at radius 2 is 2.00 bits per heavy atom.